The third-order valence-corrected chi connectivity index (χ3v) is 4.43. The number of carbonyl (C=O) groups is 3. The minimum absolute atomic E-state index is 0.0574. The lowest BCUT2D eigenvalue weighted by atomic mass is 10.1. The lowest BCUT2D eigenvalue weighted by Gasteiger charge is -2.26. The Morgan fingerprint density at radius 1 is 0.966 bits per heavy atom. The van der Waals surface area contributed by atoms with Crippen LogP contribution in [0.15, 0.2) is 42.0 Å². The first-order valence-corrected chi connectivity index (χ1v) is 8.55. The van der Waals surface area contributed by atoms with Gasteiger partial charge in [0.2, 0.25) is 6.79 Å². The third kappa shape index (κ3) is 3.22. The van der Waals surface area contributed by atoms with Crippen molar-refractivity contribution in [3.05, 3.63) is 47.5 Å². The van der Waals surface area contributed by atoms with Gasteiger partial charge in [-0.05, 0) is 35.9 Å². The van der Waals surface area contributed by atoms with Gasteiger partial charge in [0.1, 0.15) is 5.57 Å². The van der Waals surface area contributed by atoms with Crippen LogP contribution in [0.2, 0.25) is 0 Å². The van der Waals surface area contributed by atoms with Gasteiger partial charge in [0, 0.05) is 6.07 Å². The monoisotopic (exact) mass is 396 g/mol. The highest BCUT2D eigenvalue weighted by molar-refractivity contribution is 6.39. The quantitative estimate of drug-likeness (QED) is 0.623. The van der Waals surface area contributed by atoms with E-state index in [4.69, 9.17) is 18.9 Å². The molecule has 0 aromatic heterocycles. The van der Waals surface area contributed by atoms with Gasteiger partial charge in [-0.15, -0.1) is 0 Å². The van der Waals surface area contributed by atoms with Crippen LogP contribution in [0.25, 0.3) is 6.08 Å². The largest absolute Gasteiger partial charge is 0.493 e. The van der Waals surface area contributed by atoms with E-state index in [-0.39, 0.29) is 18.1 Å². The molecule has 1 saturated heterocycles. The summed E-state index contributed by atoms with van der Waals surface area (Å²) in [6, 6.07) is 8.72. The molecule has 4 rings (SSSR count). The van der Waals surface area contributed by atoms with Crippen LogP contribution in [0, 0.1) is 0 Å². The number of carbonyl (C=O) groups excluding carboxylic acids is 3. The Hall–Kier alpha value is -4.01. The molecule has 2 aromatic rings. The number of ether oxygens (including phenoxy) is 4. The highest BCUT2D eigenvalue weighted by atomic mass is 16.7. The maximum absolute atomic E-state index is 13.0. The predicted octanol–water partition coefficient (Wildman–Crippen LogP) is 2.10. The van der Waals surface area contributed by atoms with E-state index < -0.39 is 17.8 Å². The van der Waals surface area contributed by atoms with Crippen LogP contribution in [0.4, 0.5) is 10.5 Å². The molecule has 1 fully saturated rings. The molecule has 0 aliphatic carbocycles. The number of fused-ring (bicyclic) bond motifs is 1. The summed E-state index contributed by atoms with van der Waals surface area (Å²) in [5.74, 6) is 0.320. The molecular weight excluding hydrogens is 380 g/mol. The lowest BCUT2D eigenvalue weighted by Crippen LogP contribution is -2.54. The SMILES string of the molecule is COc1ccc(/C=C2\C(=O)NC(=O)N(c3ccc4c(c3)OCO4)C2=O)cc1OC. The fraction of sp³-hybridized carbons (Fsp3) is 0.150. The average molecular weight is 396 g/mol. The lowest BCUT2D eigenvalue weighted by molar-refractivity contribution is -0.122. The summed E-state index contributed by atoms with van der Waals surface area (Å²) in [5, 5.41) is 2.18. The second-order valence-electron chi connectivity index (χ2n) is 6.11. The van der Waals surface area contributed by atoms with Crippen molar-refractivity contribution in [3.8, 4) is 23.0 Å². The van der Waals surface area contributed by atoms with Crippen molar-refractivity contribution in [2.24, 2.45) is 0 Å². The smallest absolute Gasteiger partial charge is 0.335 e. The molecule has 0 spiro atoms. The number of hydrogen-bond donors (Lipinski definition) is 1. The molecular formula is C20H16N2O7. The second kappa shape index (κ2) is 7.19. The number of barbiturate groups is 1. The zero-order valence-corrected chi connectivity index (χ0v) is 15.6. The van der Waals surface area contributed by atoms with Gasteiger partial charge in [0.15, 0.2) is 23.0 Å². The van der Waals surface area contributed by atoms with Crippen molar-refractivity contribution >= 4 is 29.6 Å². The van der Waals surface area contributed by atoms with Crippen LogP contribution >= 0.6 is 0 Å². The van der Waals surface area contributed by atoms with E-state index in [1.165, 1.54) is 32.4 Å². The first-order chi connectivity index (χ1) is 14.0. The summed E-state index contributed by atoms with van der Waals surface area (Å²) < 4.78 is 21.0. The van der Waals surface area contributed by atoms with Crippen molar-refractivity contribution in [1.29, 1.82) is 0 Å². The standard InChI is InChI=1S/C20H16N2O7/c1-26-14-5-3-11(8-16(14)27-2)7-13-18(23)21-20(25)22(19(13)24)12-4-6-15-17(9-12)29-10-28-15/h3-9H,10H2,1-2H3,(H,21,23,25)/b13-7+. The maximum Gasteiger partial charge on any atom is 0.335 e. The molecule has 0 unspecified atom stereocenters. The van der Waals surface area contributed by atoms with Gasteiger partial charge < -0.3 is 18.9 Å². The maximum atomic E-state index is 13.0. The van der Waals surface area contributed by atoms with E-state index >= 15 is 0 Å². The number of hydrogen-bond acceptors (Lipinski definition) is 7. The van der Waals surface area contributed by atoms with Crippen molar-refractivity contribution in [3.63, 3.8) is 0 Å². The molecule has 2 aliphatic heterocycles. The average Bonchev–Trinajstić information content (AvgIpc) is 3.18. The third-order valence-electron chi connectivity index (χ3n) is 4.43. The molecule has 2 heterocycles. The van der Waals surface area contributed by atoms with Crippen molar-refractivity contribution in [1.82, 2.24) is 5.32 Å². The number of rotatable bonds is 4. The first-order valence-electron chi connectivity index (χ1n) is 8.55. The number of benzene rings is 2. The molecule has 9 heteroatoms. The Morgan fingerprint density at radius 2 is 1.72 bits per heavy atom. The summed E-state index contributed by atoms with van der Waals surface area (Å²) in [4.78, 5) is 38.5. The van der Waals surface area contributed by atoms with Gasteiger partial charge in [0.05, 0.1) is 19.9 Å². The van der Waals surface area contributed by atoms with Crippen molar-refractivity contribution in [2.75, 3.05) is 25.9 Å². The fourth-order valence-corrected chi connectivity index (χ4v) is 3.03. The van der Waals surface area contributed by atoms with Crippen LogP contribution < -0.4 is 29.2 Å². The van der Waals surface area contributed by atoms with Gasteiger partial charge in [0.25, 0.3) is 11.8 Å². The molecule has 0 saturated carbocycles. The number of nitrogens with zero attached hydrogens (tertiary/aromatic N) is 1. The van der Waals surface area contributed by atoms with Gasteiger partial charge in [-0.1, -0.05) is 6.07 Å². The Labute approximate surface area is 165 Å². The van der Waals surface area contributed by atoms with Gasteiger partial charge >= 0.3 is 6.03 Å². The molecule has 0 atom stereocenters. The zero-order valence-electron chi connectivity index (χ0n) is 15.6. The van der Waals surface area contributed by atoms with Crippen LogP contribution in [-0.4, -0.2) is 38.9 Å². The number of urea groups is 1. The topological polar surface area (TPSA) is 103 Å². The Balaban J connectivity index is 1.71. The molecule has 0 radical (unpaired) electrons. The van der Waals surface area contributed by atoms with E-state index in [1.54, 1.807) is 24.3 Å². The van der Waals surface area contributed by atoms with Crippen LogP contribution in [0.5, 0.6) is 23.0 Å². The summed E-state index contributed by atoms with van der Waals surface area (Å²) in [5.41, 5.74) is 0.582. The Bertz CT molecular complexity index is 1060. The van der Waals surface area contributed by atoms with E-state index in [0.717, 1.165) is 4.90 Å². The van der Waals surface area contributed by atoms with Crippen molar-refractivity contribution < 1.29 is 33.3 Å². The molecule has 4 amide bonds. The molecule has 29 heavy (non-hydrogen) atoms. The Kier molecular flexibility index (Phi) is 4.55. The van der Waals surface area contributed by atoms with Gasteiger partial charge in [-0.3, -0.25) is 14.9 Å². The number of methoxy groups -OCH3 is 2. The Morgan fingerprint density at radius 3 is 2.48 bits per heavy atom. The predicted molar refractivity (Wildman–Crippen MR) is 101 cm³/mol. The van der Waals surface area contributed by atoms with Crippen LogP contribution in [-0.2, 0) is 9.59 Å². The minimum atomic E-state index is -0.844. The molecule has 1 N–H and O–H groups in total. The van der Waals surface area contributed by atoms with E-state index in [0.29, 0.717) is 28.6 Å². The number of anilines is 1. The highest BCUT2D eigenvalue weighted by Crippen LogP contribution is 2.36. The van der Waals surface area contributed by atoms with Gasteiger partial charge in [-0.2, -0.15) is 0 Å². The fourth-order valence-electron chi connectivity index (χ4n) is 3.03. The van der Waals surface area contributed by atoms with E-state index in [9.17, 15) is 14.4 Å². The van der Waals surface area contributed by atoms with E-state index in [2.05, 4.69) is 5.32 Å². The van der Waals surface area contributed by atoms with Gasteiger partial charge in [-0.25, -0.2) is 9.69 Å². The molecule has 0 bridgehead atoms. The van der Waals surface area contributed by atoms with E-state index in [1.807, 2.05) is 0 Å². The number of imide groups is 2. The van der Waals surface area contributed by atoms with Crippen LogP contribution in [0.1, 0.15) is 5.56 Å². The van der Waals surface area contributed by atoms with Crippen molar-refractivity contribution in [2.45, 2.75) is 0 Å². The minimum Gasteiger partial charge on any atom is -0.493 e. The molecule has 148 valence electrons. The second-order valence-corrected chi connectivity index (χ2v) is 6.11. The summed E-state index contributed by atoms with van der Waals surface area (Å²) >= 11 is 0. The summed E-state index contributed by atoms with van der Waals surface area (Å²) in [6.07, 6.45) is 1.38. The normalized spacial score (nSPS) is 16.8. The molecule has 2 aliphatic rings. The molecule has 9 nitrogen and oxygen atoms in total. The number of nitrogens with one attached hydrogen (secondary N) is 1. The number of amides is 4. The van der Waals surface area contributed by atoms with Crippen LogP contribution in [0.3, 0.4) is 0 Å². The summed E-state index contributed by atoms with van der Waals surface area (Å²) in [7, 11) is 2.98. The first kappa shape index (κ1) is 18.4. The summed E-state index contributed by atoms with van der Waals surface area (Å²) in [6.45, 7) is 0.0574. The molecule has 2 aromatic carbocycles. The highest BCUT2D eigenvalue weighted by Gasteiger charge is 2.37. The zero-order chi connectivity index (χ0) is 20.5.